The topological polar surface area (TPSA) is 65.6 Å². The van der Waals surface area contributed by atoms with Gasteiger partial charge in [-0.15, -0.1) is 0 Å². The van der Waals surface area contributed by atoms with Crippen LogP contribution in [0.5, 0.6) is 0 Å². The van der Waals surface area contributed by atoms with Crippen molar-refractivity contribution in [3.8, 4) is 11.3 Å². The lowest BCUT2D eigenvalue weighted by atomic mass is 9.84. The number of carbonyl (C=O) groups is 1. The highest BCUT2D eigenvalue weighted by Gasteiger charge is 2.34. The van der Waals surface area contributed by atoms with Crippen LogP contribution in [0, 0.1) is 23.4 Å². The van der Waals surface area contributed by atoms with Crippen LogP contribution >= 0.6 is 0 Å². The first-order valence-electron chi connectivity index (χ1n) is 11.2. The molecule has 2 aromatic carbocycles. The van der Waals surface area contributed by atoms with Crippen LogP contribution < -0.4 is 0 Å². The zero-order valence-electron chi connectivity index (χ0n) is 18.2. The number of hydrogen-bond donors (Lipinski definition) is 2. The third-order valence-corrected chi connectivity index (χ3v) is 6.23. The summed E-state index contributed by atoms with van der Waals surface area (Å²) in [7, 11) is 0. The molecule has 1 aromatic heterocycles. The Morgan fingerprint density at radius 3 is 2.52 bits per heavy atom. The summed E-state index contributed by atoms with van der Waals surface area (Å²) >= 11 is 0. The molecule has 1 aliphatic carbocycles. The molecular weight excluding hydrogens is 433 g/mol. The molecule has 1 unspecified atom stereocenters. The van der Waals surface area contributed by atoms with E-state index in [1.165, 1.54) is 24.6 Å². The van der Waals surface area contributed by atoms with Crippen molar-refractivity contribution in [3.63, 3.8) is 0 Å². The summed E-state index contributed by atoms with van der Waals surface area (Å²) in [6, 6.07) is 9.60. The van der Waals surface area contributed by atoms with Gasteiger partial charge in [-0.05, 0) is 61.2 Å². The molecule has 1 saturated carbocycles. The predicted molar refractivity (Wildman–Crippen MR) is 119 cm³/mol. The highest BCUT2D eigenvalue weighted by atomic mass is 19.1. The minimum atomic E-state index is -0.640. The number of aliphatic hydroxyl groups is 1. The number of amides is 1. The number of H-pyrrole nitrogens is 1. The van der Waals surface area contributed by atoms with Crippen LogP contribution in [-0.4, -0.2) is 53.3 Å². The Balaban J connectivity index is 0.000000160. The molecule has 1 saturated heterocycles. The number of morpholine rings is 1. The molecule has 33 heavy (non-hydrogen) atoms. The minimum Gasteiger partial charge on any atom is -0.396 e. The second kappa shape index (κ2) is 10.4. The zero-order chi connectivity index (χ0) is 23.4. The number of ether oxygens (including phenoxy) is 1. The molecule has 2 N–H and O–H groups in total. The Morgan fingerprint density at radius 2 is 1.85 bits per heavy atom. The van der Waals surface area contributed by atoms with Gasteiger partial charge in [0.25, 0.3) is 0 Å². The fourth-order valence-electron chi connectivity index (χ4n) is 4.17. The predicted octanol–water partition coefficient (Wildman–Crippen LogP) is 4.65. The Morgan fingerprint density at radius 1 is 1.09 bits per heavy atom. The Labute approximate surface area is 190 Å². The summed E-state index contributed by atoms with van der Waals surface area (Å²) in [6.07, 6.45) is 3.91. The highest BCUT2D eigenvalue weighted by molar-refractivity contribution is 5.86. The van der Waals surface area contributed by atoms with Crippen molar-refractivity contribution < 1.29 is 27.8 Å². The molecule has 2 aliphatic rings. The van der Waals surface area contributed by atoms with Crippen LogP contribution in [0.3, 0.4) is 0 Å². The van der Waals surface area contributed by atoms with Crippen molar-refractivity contribution in [3.05, 3.63) is 59.9 Å². The first-order valence-corrected chi connectivity index (χ1v) is 11.2. The molecule has 0 radical (unpaired) electrons. The number of carbonyl (C=O) groups excluding carboxylic acids is 1. The van der Waals surface area contributed by atoms with Crippen LogP contribution in [0.4, 0.5) is 13.2 Å². The maximum Gasteiger partial charge on any atom is 0.226 e. The average molecular weight is 460 g/mol. The number of nitrogens with zero attached hydrogens (tertiary/aromatic N) is 1. The van der Waals surface area contributed by atoms with E-state index >= 15 is 0 Å². The van der Waals surface area contributed by atoms with Crippen molar-refractivity contribution in [1.82, 2.24) is 9.88 Å². The summed E-state index contributed by atoms with van der Waals surface area (Å²) in [5.41, 5.74) is 1.58. The minimum absolute atomic E-state index is 0.0943. The Hall–Kier alpha value is -2.84. The van der Waals surface area contributed by atoms with E-state index < -0.39 is 11.6 Å². The number of halogens is 3. The first-order chi connectivity index (χ1) is 16.0. The lowest BCUT2D eigenvalue weighted by Crippen LogP contribution is -2.52. The number of rotatable bonds is 4. The van der Waals surface area contributed by atoms with Gasteiger partial charge in [0, 0.05) is 36.2 Å². The lowest BCUT2D eigenvalue weighted by Gasteiger charge is -2.39. The number of hydrogen-bond acceptors (Lipinski definition) is 3. The molecule has 5 nitrogen and oxygen atoms in total. The molecule has 1 amide bonds. The zero-order valence-corrected chi connectivity index (χ0v) is 18.2. The van der Waals surface area contributed by atoms with Crippen molar-refractivity contribution in [2.24, 2.45) is 5.92 Å². The van der Waals surface area contributed by atoms with Gasteiger partial charge in [-0.1, -0.05) is 6.42 Å². The third-order valence-electron chi connectivity index (χ3n) is 6.23. The fraction of sp³-hybridized carbons (Fsp3) is 0.400. The number of aromatic nitrogens is 1. The SMILES string of the molecule is Fc1ccc(-c2cc3cc(F)cc(F)c3[nH]2)cc1.O=C(C1CCC1)N1CCOCC1CCO. The van der Waals surface area contributed by atoms with Crippen LogP contribution in [0.25, 0.3) is 22.2 Å². The number of aromatic amines is 1. The van der Waals surface area contributed by atoms with Crippen molar-refractivity contribution in [2.45, 2.75) is 31.7 Å². The van der Waals surface area contributed by atoms with Gasteiger partial charge in [-0.3, -0.25) is 4.79 Å². The summed E-state index contributed by atoms with van der Waals surface area (Å²) < 4.78 is 44.7. The molecule has 1 aliphatic heterocycles. The molecule has 176 valence electrons. The van der Waals surface area contributed by atoms with Crippen LogP contribution in [0.1, 0.15) is 25.7 Å². The quantitative estimate of drug-likeness (QED) is 0.596. The standard InChI is InChI=1S/C14H8F3N.C11H19NO3/c15-10-3-1-8(2-4-10)13-6-9-5-11(16)7-12(17)14(9)18-13;13-6-4-10-8-15-7-5-12(10)11(14)9-2-1-3-9/h1-7,18H;9-10,13H,1-8H2. The highest BCUT2D eigenvalue weighted by Crippen LogP contribution is 2.30. The van der Waals surface area contributed by atoms with E-state index in [1.54, 1.807) is 18.2 Å². The van der Waals surface area contributed by atoms with E-state index in [0.29, 0.717) is 42.8 Å². The van der Waals surface area contributed by atoms with Gasteiger partial charge in [0.15, 0.2) is 0 Å². The van der Waals surface area contributed by atoms with Crippen LogP contribution in [0.15, 0.2) is 42.5 Å². The summed E-state index contributed by atoms with van der Waals surface area (Å²) in [5.74, 6) is -1.07. The molecule has 8 heteroatoms. The van der Waals surface area contributed by atoms with E-state index in [1.807, 2.05) is 4.90 Å². The molecule has 0 bridgehead atoms. The van der Waals surface area contributed by atoms with Crippen molar-refractivity contribution in [1.29, 1.82) is 0 Å². The molecule has 3 aromatic rings. The number of aliphatic hydroxyl groups excluding tert-OH is 1. The second-order valence-electron chi connectivity index (χ2n) is 8.44. The van der Waals surface area contributed by atoms with E-state index in [-0.39, 0.29) is 35.8 Å². The van der Waals surface area contributed by atoms with Crippen LogP contribution in [0.2, 0.25) is 0 Å². The van der Waals surface area contributed by atoms with Gasteiger partial charge in [-0.2, -0.15) is 0 Å². The molecule has 1 atom stereocenters. The van der Waals surface area contributed by atoms with Gasteiger partial charge in [0.05, 0.1) is 24.8 Å². The molecule has 5 rings (SSSR count). The normalized spacial score (nSPS) is 18.5. The van der Waals surface area contributed by atoms with E-state index in [2.05, 4.69) is 4.98 Å². The number of benzene rings is 2. The van der Waals surface area contributed by atoms with Crippen molar-refractivity contribution >= 4 is 16.8 Å². The Bertz CT molecular complexity index is 1090. The lowest BCUT2D eigenvalue weighted by molar-refractivity contribution is -0.147. The van der Waals surface area contributed by atoms with Gasteiger partial charge in [-0.25, -0.2) is 13.2 Å². The molecule has 2 fully saturated rings. The van der Waals surface area contributed by atoms with Crippen LogP contribution in [-0.2, 0) is 9.53 Å². The smallest absolute Gasteiger partial charge is 0.226 e. The summed E-state index contributed by atoms with van der Waals surface area (Å²) in [4.78, 5) is 16.8. The second-order valence-corrected chi connectivity index (χ2v) is 8.44. The van der Waals surface area contributed by atoms with Crippen molar-refractivity contribution in [2.75, 3.05) is 26.4 Å². The largest absolute Gasteiger partial charge is 0.396 e. The first kappa shape index (κ1) is 23.3. The maximum atomic E-state index is 13.5. The molecule has 2 heterocycles. The van der Waals surface area contributed by atoms with Gasteiger partial charge in [0.2, 0.25) is 5.91 Å². The average Bonchev–Trinajstić information content (AvgIpc) is 3.18. The van der Waals surface area contributed by atoms with Gasteiger partial charge < -0.3 is 19.7 Å². The third kappa shape index (κ3) is 5.39. The number of nitrogens with one attached hydrogen (secondary N) is 1. The van der Waals surface area contributed by atoms with E-state index in [0.717, 1.165) is 18.9 Å². The van der Waals surface area contributed by atoms with Gasteiger partial charge in [0.1, 0.15) is 17.5 Å². The molecular formula is C25H27F3N2O3. The van der Waals surface area contributed by atoms with E-state index in [9.17, 15) is 18.0 Å². The maximum absolute atomic E-state index is 13.5. The summed E-state index contributed by atoms with van der Waals surface area (Å²) in [5, 5.41) is 9.39. The summed E-state index contributed by atoms with van der Waals surface area (Å²) in [6.45, 7) is 2.04. The Kier molecular flexibility index (Phi) is 7.35. The van der Waals surface area contributed by atoms with E-state index in [4.69, 9.17) is 9.84 Å². The fourth-order valence-corrected chi connectivity index (χ4v) is 4.17. The van der Waals surface area contributed by atoms with Gasteiger partial charge >= 0.3 is 0 Å². The molecule has 0 spiro atoms. The number of fused-ring (bicyclic) bond motifs is 1. The monoisotopic (exact) mass is 460 g/mol.